The number of rotatable bonds is 3. The van der Waals surface area contributed by atoms with E-state index < -0.39 is 23.2 Å². The first-order valence-corrected chi connectivity index (χ1v) is 5.86. The first-order chi connectivity index (χ1) is 8.35. The van der Waals surface area contributed by atoms with Crippen molar-refractivity contribution in [1.82, 2.24) is 4.98 Å². The van der Waals surface area contributed by atoms with Crippen LogP contribution in [0.2, 0.25) is 5.02 Å². The van der Waals surface area contributed by atoms with Gasteiger partial charge in [-0.3, -0.25) is 14.6 Å². The summed E-state index contributed by atoms with van der Waals surface area (Å²) in [6.07, 6.45) is 2.95. The molecule has 1 amide bonds. The van der Waals surface area contributed by atoms with Crippen molar-refractivity contribution in [2.75, 3.05) is 5.32 Å². The fourth-order valence-electron chi connectivity index (χ4n) is 2.27. The number of aliphatic carboxylic acids is 1. The van der Waals surface area contributed by atoms with E-state index in [-0.39, 0.29) is 5.91 Å². The van der Waals surface area contributed by atoms with E-state index in [9.17, 15) is 9.59 Å². The van der Waals surface area contributed by atoms with Crippen molar-refractivity contribution in [3.05, 3.63) is 23.5 Å². The van der Waals surface area contributed by atoms with Gasteiger partial charge in [-0.25, -0.2) is 0 Å². The molecule has 0 aliphatic heterocycles. The Bertz CT molecular complexity index is 516. The Morgan fingerprint density at radius 3 is 2.61 bits per heavy atom. The maximum absolute atomic E-state index is 12.0. The SMILES string of the molecule is CC1(C)[C@H](C(=O)O)[C@@H]1C(=O)Nc1cnccc1Cl. The third kappa shape index (κ3) is 2.06. The number of hydrogen-bond donors (Lipinski definition) is 2. The molecule has 1 aromatic rings. The number of aromatic nitrogens is 1. The van der Waals surface area contributed by atoms with Gasteiger partial charge in [-0.1, -0.05) is 25.4 Å². The molecule has 0 aromatic carbocycles. The highest BCUT2D eigenvalue weighted by Gasteiger charge is 2.65. The Hall–Kier alpha value is -1.62. The second-order valence-corrected chi connectivity index (χ2v) is 5.37. The van der Waals surface area contributed by atoms with Crippen LogP contribution in [0.4, 0.5) is 5.69 Å². The van der Waals surface area contributed by atoms with E-state index in [2.05, 4.69) is 10.3 Å². The molecule has 1 aromatic heterocycles. The number of hydrogen-bond acceptors (Lipinski definition) is 3. The number of carbonyl (C=O) groups excluding carboxylic acids is 1. The highest BCUT2D eigenvalue weighted by Crippen LogP contribution is 2.58. The van der Waals surface area contributed by atoms with Crippen molar-refractivity contribution in [1.29, 1.82) is 0 Å². The number of nitrogens with one attached hydrogen (secondary N) is 1. The molecule has 2 atom stereocenters. The molecule has 0 unspecified atom stereocenters. The summed E-state index contributed by atoms with van der Waals surface area (Å²) < 4.78 is 0. The van der Waals surface area contributed by atoms with E-state index in [1.807, 2.05) is 0 Å². The van der Waals surface area contributed by atoms with Crippen molar-refractivity contribution in [2.45, 2.75) is 13.8 Å². The van der Waals surface area contributed by atoms with E-state index in [0.29, 0.717) is 10.7 Å². The second-order valence-electron chi connectivity index (χ2n) is 4.96. The number of pyridine rings is 1. The number of nitrogens with zero attached hydrogens (tertiary/aromatic N) is 1. The van der Waals surface area contributed by atoms with Crippen LogP contribution in [-0.4, -0.2) is 22.0 Å². The standard InChI is InChI=1S/C12H13ClN2O3/c1-12(2)8(9(12)11(17)18)10(16)15-7-5-14-4-3-6(7)13/h3-5,8-9H,1-2H3,(H,15,16)(H,17,18)/t8-,9+/m1/s1. The molecular weight excluding hydrogens is 256 g/mol. The number of carboxylic acids is 1. The zero-order valence-corrected chi connectivity index (χ0v) is 10.7. The zero-order chi connectivity index (χ0) is 13.5. The van der Waals surface area contributed by atoms with Gasteiger partial charge in [0.25, 0.3) is 0 Å². The smallest absolute Gasteiger partial charge is 0.307 e. The Balaban J connectivity index is 2.11. The summed E-state index contributed by atoms with van der Waals surface area (Å²) in [4.78, 5) is 26.8. The lowest BCUT2D eigenvalue weighted by molar-refractivity contribution is -0.140. The Kier molecular flexibility index (Phi) is 3.02. The molecule has 18 heavy (non-hydrogen) atoms. The number of carbonyl (C=O) groups is 2. The molecule has 0 spiro atoms. The number of carboxylic acid groups (broad SMARTS) is 1. The van der Waals surface area contributed by atoms with Crippen LogP contribution >= 0.6 is 11.6 Å². The van der Waals surface area contributed by atoms with Crippen molar-refractivity contribution in [2.24, 2.45) is 17.3 Å². The first kappa shape index (κ1) is 12.8. The molecule has 6 heteroatoms. The van der Waals surface area contributed by atoms with E-state index in [0.717, 1.165) is 0 Å². The maximum atomic E-state index is 12.0. The minimum Gasteiger partial charge on any atom is -0.481 e. The van der Waals surface area contributed by atoms with Crippen LogP contribution in [0.15, 0.2) is 18.5 Å². The van der Waals surface area contributed by atoms with Crippen LogP contribution in [-0.2, 0) is 9.59 Å². The molecule has 2 rings (SSSR count). The quantitative estimate of drug-likeness (QED) is 0.879. The summed E-state index contributed by atoms with van der Waals surface area (Å²) in [5.41, 5.74) is -0.124. The van der Waals surface area contributed by atoms with Crippen molar-refractivity contribution in [3.63, 3.8) is 0 Å². The van der Waals surface area contributed by atoms with E-state index in [1.54, 1.807) is 19.9 Å². The molecule has 1 saturated carbocycles. The molecule has 0 radical (unpaired) electrons. The highest BCUT2D eigenvalue weighted by molar-refractivity contribution is 6.33. The van der Waals surface area contributed by atoms with Gasteiger partial charge in [0.15, 0.2) is 0 Å². The predicted molar refractivity (Wildman–Crippen MR) is 66.3 cm³/mol. The fraction of sp³-hybridized carbons (Fsp3) is 0.417. The van der Waals surface area contributed by atoms with Crippen LogP contribution < -0.4 is 5.32 Å². The van der Waals surface area contributed by atoms with Gasteiger partial charge in [-0.15, -0.1) is 0 Å². The van der Waals surface area contributed by atoms with Gasteiger partial charge in [0.1, 0.15) is 0 Å². The van der Waals surface area contributed by atoms with Gasteiger partial charge >= 0.3 is 5.97 Å². The van der Waals surface area contributed by atoms with Gasteiger partial charge in [0.2, 0.25) is 5.91 Å². The first-order valence-electron chi connectivity index (χ1n) is 5.49. The van der Waals surface area contributed by atoms with Crippen molar-refractivity contribution < 1.29 is 14.7 Å². The third-order valence-electron chi connectivity index (χ3n) is 3.40. The fourth-order valence-corrected chi connectivity index (χ4v) is 2.42. The van der Waals surface area contributed by atoms with Crippen LogP contribution in [0.25, 0.3) is 0 Å². The summed E-state index contributed by atoms with van der Waals surface area (Å²) in [5, 5.41) is 12.0. The molecule has 2 N–H and O–H groups in total. The summed E-state index contributed by atoms with van der Waals surface area (Å²) in [5.74, 6) is -2.46. The lowest BCUT2D eigenvalue weighted by atomic mass is 10.1. The van der Waals surface area contributed by atoms with Gasteiger partial charge in [0.05, 0.1) is 28.7 Å². The van der Waals surface area contributed by atoms with Crippen LogP contribution in [0.3, 0.4) is 0 Å². The average Bonchev–Trinajstić information content (AvgIpc) is 2.85. The molecular formula is C12H13ClN2O3. The van der Waals surface area contributed by atoms with Gasteiger partial charge < -0.3 is 10.4 Å². The molecule has 96 valence electrons. The topological polar surface area (TPSA) is 79.3 Å². The molecule has 1 aliphatic rings. The van der Waals surface area contributed by atoms with Crippen molar-refractivity contribution in [3.8, 4) is 0 Å². The molecule has 1 fully saturated rings. The maximum Gasteiger partial charge on any atom is 0.307 e. The molecule has 1 aliphatic carbocycles. The summed E-state index contributed by atoms with van der Waals surface area (Å²) in [6, 6.07) is 1.56. The average molecular weight is 269 g/mol. The monoisotopic (exact) mass is 268 g/mol. The largest absolute Gasteiger partial charge is 0.481 e. The minimum absolute atomic E-state index is 0.331. The van der Waals surface area contributed by atoms with Crippen LogP contribution in [0.1, 0.15) is 13.8 Å². The van der Waals surface area contributed by atoms with E-state index in [1.165, 1.54) is 12.4 Å². The molecule has 1 heterocycles. The zero-order valence-electron chi connectivity index (χ0n) is 9.98. The van der Waals surface area contributed by atoms with Gasteiger partial charge in [-0.05, 0) is 11.5 Å². The third-order valence-corrected chi connectivity index (χ3v) is 3.73. The predicted octanol–water partition coefficient (Wildman–Crippen LogP) is 2.03. The minimum atomic E-state index is -0.947. The summed E-state index contributed by atoms with van der Waals surface area (Å²) in [7, 11) is 0. The van der Waals surface area contributed by atoms with Gasteiger partial charge in [0, 0.05) is 6.20 Å². The Morgan fingerprint density at radius 2 is 2.11 bits per heavy atom. The number of amides is 1. The number of halogens is 1. The summed E-state index contributed by atoms with van der Waals surface area (Å²) >= 11 is 5.89. The highest BCUT2D eigenvalue weighted by atomic mass is 35.5. The van der Waals surface area contributed by atoms with Crippen LogP contribution in [0.5, 0.6) is 0 Å². The Morgan fingerprint density at radius 1 is 1.44 bits per heavy atom. The second kappa shape index (κ2) is 4.24. The summed E-state index contributed by atoms with van der Waals surface area (Å²) in [6.45, 7) is 3.53. The van der Waals surface area contributed by atoms with E-state index >= 15 is 0 Å². The molecule has 5 nitrogen and oxygen atoms in total. The molecule has 0 saturated heterocycles. The van der Waals surface area contributed by atoms with Crippen molar-refractivity contribution >= 4 is 29.2 Å². The van der Waals surface area contributed by atoms with Gasteiger partial charge in [-0.2, -0.15) is 0 Å². The van der Waals surface area contributed by atoms with E-state index in [4.69, 9.17) is 16.7 Å². The molecule has 0 bridgehead atoms. The normalized spacial score (nSPS) is 24.4. The number of anilines is 1. The lowest BCUT2D eigenvalue weighted by Gasteiger charge is -2.06. The van der Waals surface area contributed by atoms with Crippen LogP contribution in [0, 0.1) is 17.3 Å². The Labute approximate surface area is 109 Å². The lowest BCUT2D eigenvalue weighted by Crippen LogP contribution is -2.18.